The Morgan fingerprint density at radius 1 is 1.00 bits per heavy atom. The Bertz CT molecular complexity index is 1510. The lowest BCUT2D eigenvalue weighted by Crippen LogP contribution is -2.48. The summed E-state index contributed by atoms with van der Waals surface area (Å²) in [4.78, 5) is 39.7. The van der Waals surface area contributed by atoms with Gasteiger partial charge in [-0.3, -0.25) is 9.59 Å². The number of anilines is 1. The second-order valence-electron chi connectivity index (χ2n) is 11.1. The van der Waals surface area contributed by atoms with E-state index >= 15 is 0 Å². The minimum absolute atomic E-state index is 0.0734. The highest BCUT2D eigenvalue weighted by Crippen LogP contribution is 2.42. The Hall–Kier alpha value is -4.06. The highest BCUT2D eigenvalue weighted by molar-refractivity contribution is 7.90. The number of amides is 2. The standard InChI is InChI=1S/C30H37N5O6S/c1-21-26(34-35(33-21)24-10-4-3-5-11-24)27(36)31-23-14-12-22(13-15-23)20-25(28(37)38)32-29(39)30(16-6-7-17-30)18-8-9-19-42(2,40)41/h3-5,10-15,25H,6-9,16-20H2,1-2H3,(H,31,36)(H,32,39)(H,37,38)/t25-/m0/s1. The van der Waals surface area contributed by atoms with Gasteiger partial charge in [0.2, 0.25) is 5.91 Å². The first-order valence-corrected chi connectivity index (χ1v) is 16.1. The van der Waals surface area contributed by atoms with E-state index in [0.29, 0.717) is 49.0 Å². The number of carbonyl (C=O) groups excluding carboxylic acids is 2. The van der Waals surface area contributed by atoms with Crippen LogP contribution in [0.25, 0.3) is 5.69 Å². The molecule has 3 aromatic rings. The molecular formula is C30H37N5O6S. The highest BCUT2D eigenvalue weighted by Gasteiger charge is 2.41. The zero-order valence-electron chi connectivity index (χ0n) is 23.9. The van der Waals surface area contributed by atoms with Gasteiger partial charge in [0.25, 0.3) is 5.91 Å². The number of nitrogens with zero attached hydrogens (tertiary/aromatic N) is 3. The van der Waals surface area contributed by atoms with Crippen LogP contribution in [0.15, 0.2) is 54.6 Å². The minimum Gasteiger partial charge on any atom is -0.480 e. The van der Waals surface area contributed by atoms with Gasteiger partial charge in [0.1, 0.15) is 15.9 Å². The van der Waals surface area contributed by atoms with E-state index in [1.165, 1.54) is 11.1 Å². The summed E-state index contributed by atoms with van der Waals surface area (Å²) in [6, 6.07) is 14.9. The molecule has 2 aromatic carbocycles. The highest BCUT2D eigenvalue weighted by atomic mass is 32.2. The molecule has 1 atom stereocenters. The van der Waals surface area contributed by atoms with Crippen molar-refractivity contribution in [2.45, 2.75) is 64.3 Å². The van der Waals surface area contributed by atoms with Gasteiger partial charge in [-0.1, -0.05) is 49.6 Å². The van der Waals surface area contributed by atoms with E-state index < -0.39 is 33.2 Å². The van der Waals surface area contributed by atoms with Crippen molar-refractivity contribution >= 4 is 33.3 Å². The summed E-state index contributed by atoms with van der Waals surface area (Å²) in [6.07, 6.45) is 5.96. The fourth-order valence-electron chi connectivity index (χ4n) is 5.40. The fourth-order valence-corrected chi connectivity index (χ4v) is 6.13. The summed E-state index contributed by atoms with van der Waals surface area (Å²) < 4.78 is 22.9. The van der Waals surface area contributed by atoms with Gasteiger partial charge < -0.3 is 15.7 Å². The van der Waals surface area contributed by atoms with E-state index in [1.54, 1.807) is 31.2 Å². The number of sulfone groups is 1. The maximum absolute atomic E-state index is 13.3. The number of aromatic nitrogens is 3. The molecule has 0 radical (unpaired) electrons. The summed E-state index contributed by atoms with van der Waals surface area (Å²) in [5.41, 5.74) is 1.92. The van der Waals surface area contributed by atoms with Gasteiger partial charge in [0.05, 0.1) is 11.4 Å². The van der Waals surface area contributed by atoms with Crippen molar-refractivity contribution < 1.29 is 27.9 Å². The number of carbonyl (C=O) groups is 3. The van der Waals surface area contributed by atoms with E-state index in [4.69, 9.17) is 0 Å². The molecule has 1 aliphatic carbocycles. The molecule has 3 N–H and O–H groups in total. The van der Waals surface area contributed by atoms with Crippen LogP contribution in [0.1, 0.15) is 66.7 Å². The maximum atomic E-state index is 13.3. The molecule has 0 unspecified atom stereocenters. The molecule has 224 valence electrons. The van der Waals surface area contributed by atoms with Crippen LogP contribution in [0.2, 0.25) is 0 Å². The summed E-state index contributed by atoms with van der Waals surface area (Å²) in [5, 5.41) is 24.1. The molecule has 0 saturated heterocycles. The number of unbranched alkanes of at least 4 members (excludes halogenated alkanes) is 1. The van der Waals surface area contributed by atoms with Crippen molar-refractivity contribution in [2.75, 3.05) is 17.3 Å². The lowest BCUT2D eigenvalue weighted by Gasteiger charge is -2.29. The van der Waals surface area contributed by atoms with Crippen LogP contribution in [-0.4, -0.2) is 64.4 Å². The number of rotatable bonds is 13. The molecular weight excluding hydrogens is 558 g/mol. The topological polar surface area (TPSA) is 160 Å². The quantitative estimate of drug-likeness (QED) is 0.252. The number of para-hydroxylation sites is 1. The zero-order chi connectivity index (χ0) is 30.3. The third kappa shape index (κ3) is 8.03. The Morgan fingerprint density at radius 2 is 1.67 bits per heavy atom. The third-order valence-electron chi connectivity index (χ3n) is 7.70. The van der Waals surface area contributed by atoms with Gasteiger partial charge in [-0.25, -0.2) is 13.2 Å². The Labute approximate surface area is 245 Å². The summed E-state index contributed by atoms with van der Waals surface area (Å²) in [5.74, 6) is -1.76. The molecule has 1 heterocycles. The Balaban J connectivity index is 1.36. The first-order chi connectivity index (χ1) is 20.0. The second-order valence-corrected chi connectivity index (χ2v) is 13.3. The van der Waals surface area contributed by atoms with Crippen LogP contribution in [0, 0.1) is 12.3 Å². The fraction of sp³-hybridized carbons (Fsp3) is 0.433. The molecule has 0 aliphatic heterocycles. The molecule has 1 aliphatic rings. The number of nitrogens with one attached hydrogen (secondary N) is 2. The van der Waals surface area contributed by atoms with Crippen LogP contribution in [0.3, 0.4) is 0 Å². The molecule has 0 bridgehead atoms. The van der Waals surface area contributed by atoms with Gasteiger partial charge in [-0.05, 0) is 62.4 Å². The molecule has 1 fully saturated rings. The Morgan fingerprint density at radius 3 is 2.29 bits per heavy atom. The van der Waals surface area contributed by atoms with E-state index in [9.17, 15) is 27.9 Å². The first kappa shape index (κ1) is 30.9. The summed E-state index contributed by atoms with van der Waals surface area (Å²) >= 11 is 0. The predicted molar refractivity (Wildman–Crippen MR) is 158 cm³/mol. The average molecular weight is 596 g/mol. The van der Waals surface area contributed by atoms with E-state index in [2.05, 4.69) is 20.8 Å². The molecule has 12 heteroatoms. The number of hydrogen-bond acceptors (Lipinski definition) is 7. The predicted octanol–water partition coefficient (Wildman–Crippen LogP) is 3.72. The van der Waals surface area contributed by atoms with Crippen molar-refractivity contribution in [1.29, 1.82) is 0 Å². The van der Waals surface area contributed by atoms with Crippen molar-refractivity contribution in [3.05, 3.63) is 71.5 Å². The molecule has 42 heavy (non-hydrogen) atoms. The second kappa shape index (κ2) is 13.3. The SMILES string of the molecule is Cc1nn(-c2ccccc2)nc1C(=O)Nc1ccc(C[C@H](NC(=O)C2(CCCCS(C)(=O)=O)CCCC2)C(=O)O)cc1. The van der Waals surface area contributed by atoms with Crippen molar-refractivity contribution in [3.63, 3.8) is 0 Å². The van der Waals surface area contributed by atoms with Gasteiger partial charge >= 0.3 is 5.97 Å². The van der Waals surface area contributed by atoms with Crippen LogP contribution < -0.4 is 10.6 Å². The molecule has 2 amide bonds. The first-order valence-electron chi connectivity index (χ1n) is 14.1. The number of aryl methyl sites for hydroxylation is 1. The smallest absolute Gasteiger partial charge is 0.326 e. The number of benzene rings is 2. The third-order valence-corrected chi connectivity index (χ3v) is 8.73. The van der Waals surface area contributed by atoms with Gasteiger partial charge in [0.15, 0.2) is 5.69 Å². The monoisotopic (exact) mass is 595 g/mol. The summed E-state index contributed by atoms with van der Waals surface area (Å²) in [6.45, 7) is 1.70. The van der Waals surface area contributed by atoms with Gasteiger partial charge in [0, 0.05) is 29.5 Å². The largest absolute Gasteiger partial charge is 0.480 e. The number of aliphatic carboxylic acids is 1. The van der Waals surface area contributed by atoms with E-state index in [-0.39, 0.29) is 23.8 Å². The van der Waals surface area contributed by atoms with Crippen molar-refractivity contribution in [3.8, 4) is 5.69 Å². The lowest BCUT2D eigenvalue weighted by molar-refractivity contribution is -0.144. The Kier molecular flexibility index (Phi) is 9.77. The van der Waals surface area contributed by atoms with Crippen LogP contribution in [-0.2, 0) is 25.8 Å². The van der Waals surface area contributed by atoms with E-state index in [0.717, 1.165) is 18.5 Å². The van der Waals surface area contributed by atoms with Crippen molar-refractivity contribution in [1.82, 2.24) is 20.3 Å². The van der Waals surface area contributed by atoms with Crippen LogP contribution in [0.5, 0.6) is 0 Å². The minimum atomic E-state index is -3.07. The molecule has 1 saturated carbocycles. The van der Waals surface area contributed by atoms with Gasteiger partial charge in [-0.2, -0.15) is 9.90 Å². The number of hydrogen-bond donors (Lipinski definition) is 3. The van der Waals surface area contributed by atoms with Crippen LogP contribution >= 0.6 is 0 Å². The zero-order valence-corrected chi connectivity index (χ0v) is 24.7. The van der Waals surface area contributed by atoms with Crippen LogP contribution in [0.4, 0.5) is 5.69 Å². The molecule has 1 aromatic heterocycles. The average Bonchev–Trinajstić information content (AvgIpc) is 3.59. The normalized spacial score (nSPS) is 15.2. The number of carboxylic acids is 1. The molecule has 11 nitrogen and oxygen atoms in total. The lowest BCUT2D eigenvalue weighted by atomic mass is 9.80. The van der Waals surface area contributed by atoms with Gasteiger partial charge in [-0.15, -0.1) is 5.10 Å². The summed E-state index contributed by atoms with van der Waals surface area (Å²) in [7, 11) is -3.07. The van der Waals surface area contributed by atoms with E-state index in [1.807, 2.05) is 30.3 Å². The number of carboxylic acid groups (broad SMARTS) is 1. The molecule has 0 spiro atoms. The van der Waals surface area contributed by atoms with Crippen molar-refractivity contribution in [2.24, 2.45) is 5.41 Å². The maximum Gasteiger partial charge on any atom is 0.326 e. The molecule has 4 rings (SSSR count).